The Bertz CT molecular complexity index is 298. The second kappa shape index (κ2) is 4.98. The molecule has 0 aromatic carbocycles. The molecule has 1 amide bonds. The van der Waals surface area contributed by atoms with Gasteiger partial charge >= 0.3 is 6.09 Å². The molecule has 0 aromatic heterocycles. The molecule has 90 valence electrons. The Kier molecular flexibility index (Phi) is 3.89. The maximum Gasteiger partial charge on any atom is 0.410 e. The summed E-state index contributed by atoms with van der Waals surface area (Å²) in [4.78, 5) is 12.9. The molecule has 6 heteroatoms. The Balaban J connectivity index is 2.47. The normalized spacial score (nSPS) is 17.4. The number of hydrogen-bond acceptors (Lipinski definition) is 4. The van der Waals surface area contributed by atoms with Gasteiger partial charge in [0.05, 0.1) is 12.0 Å². The molecule has 0 aliphatic carbocycles. The van der Waals surface area contributed by atoms with Crippen molar-refractivity contribution in [1.82, 2.24) is 4.90 Å². The van der Waals surface area contributed by atoms with E-state index in [-0.39, 0.29) is 12.4 Å². The number of nitrogens with zero attached hydrogens (tertiary/aromatic N) is 1. The van der Waals surface area contributed by atoms with Crippen LogP contribution in [0.5, 0.6) is 0 Å². The fourth-order valence-corrected chi connectivity index (χ4v) is 1.65. The predicted molar refractivity (Wildman–Crippen MR) is 59.3 cm³/mol. The van der Waals surface area contributed by atoms with E-state index in [9.17, 15) is 4.79 Å². The maximum absolute atomic E-state index is 11.4. The number of rotatable bonds is 5. The highest BCUT2D eigenvalue weighted by molar-refractivity contribution is 5.87. The molecule has 0 spiro atoms. The summed E-state index contributed by atoms with van der Waals surface area (Å²) in [6, 6.07) is 0. The van der Waals surface area contributed by atoms with E-state index in [1.807, 2.05) is 0 Å². The molecule has 3 N–H and O–H groups in total. The minimum absolute atomic E-state index is 0.0436. The Labute approximate surface area is 94.5 Å². The molecule has 0 aromatic rings. The van der Waals surface area contributed by atoms with Crippen LogP contribution in [0.2, 0.25) is 0 Å². The molecule has 1 aliphatic rings. The van der Waals surface area contributed by atoms with Crippen LogP contribution in [-0.4, -0.2) is 50.2 Å². The van der Waals surface area contributed by atoms with Crippen LogP contribution in [0.25, 0.3) is 0 Å². The lowest BCUT2D eigenvalue weighted by Crippen LogP contribution is -2.65. The molecule has 1 aliphatic heterocycles. The number of carbonyl (C=O) groups excluding carboxylic acids is 1. The van der Waals surface area contributed by atoms with Crippen LogP contribution in [0.1, 0.15) is 0 Å². The number of amidine groups is 1. The topological polar surface area (TPSA) is 88.6 Å². The van der Waals surface area contributed by atoms with Crippen molar-refractivity contribution in [3.05, 3.63) is 12.7 Å². The van der Waals surface area contributed by atoms with Crippen molar-refractivity contribution in [2.75, 3.05) is 33.4 Å². The summed E-state index contributed by atoms with van der Waals surface area (Å²) in [5, 5.41) is 7.47. The van der Waals surface area contributed by atoms with Crippen LogP contribution < -0.4 is 5.73 Å². The molecule has 0 unspecified atom stereocenters. The first-order valence-corrected chi connectivity index (χ1v) is 4.92. The van der Waals surface area contributed by atoms with Crippen molar-refractivity contribution in [2.45, 2.75) is 0 Å². The standard InChI is InChI=1S/C10H17N3O3/c1-3-4-16-9(14)13-5-10(6-13,7-15-2)8(11)12/h3H,1,4-7H2,2H3,(H3,11,12). The molecule has 0 atom stereocenters. The fourth-order valence-electron chi connectivity index (χ4n) is 1.65. The summed E-state index contributed by atoms with van der Waals surface area (Å²) < 4.78 is 9.87. The highest BCUT2D eigenvalue weighted by Gasteiger charge is 2.48. The van der Waals surface area contributed by atoms with Crippen LogP contribution in [0.3, 0.4) is 0 Å². The molecule has 1 rings (SSSR count). The SMILES string of the molecule is C=CCOC(=O)N1CC(COC)(C(=N)N)C1. The van der Waals surface area contributed by atoms with Gasteiger partial charge in [0.1, 0.15) is 12.4 Å². The molecule has 0 radical (unpaired) electrons. The van der Waals surface area contributed by atoms with Crippen LogP contribution in [0.15, 0.2) is 12.7 Å². The molecule has 0 saturated carbocycles. The molecule has 16 heavy (non-hydrogen) atoms. The lowest BCUT2D eigenvalue weighted by molar-refractivity contribution is -0.00625. The van der Waals surface area contributed by atoms with E-state index in [1.54, 1.807) is 7.11 Å². The summed E-state index contributed by atoms with van der Waals surface area (Å²) in [6.07, 6.45) is 1.10. The van der Waals surface area contributed by atoms with Gasteiger partial charge in [-0.15, -0.1) is 0 Å². The summed E-state index contributed by atoms with van der Waals surface area (Å²) in [7, 11) is 1.55. The van der Waals surface area contributed by atoms with Crippen molar-refractivity contribution in [3.8, 4) is 0 Å². The van der Waals surface area contributed by atoms with Gasteiger partial charge in [-0.05, 0) is 0 Å². The van der Waals surface area contributed by atoms with E-state index in [0.29, 0.717) is 19.7 Å². The molecule has 6 nitrogen and oxygen atoms in total. The third-order valence-corrected chi connectivity index (χ3v) is 2.56. The number of carbonyl (C=O) groups is 1. The summed E-state index contributed by atoms with van der Waals surface area (Å²) >= 11 is 0. The first kappa shape index (κ1) is 12.5. The number of ether oxygens (including phenoxy) is 2. The van der Waals surface area contributed by atoms with Gasteiger partial charge in [-0.25, -0.2) is 4.79 Å². The lowest BCUT2D eigenvalue weighted by atomic mass is 9.79. The van der Waals surface area contributed by atoms with E-state index in [0.717, 1.165) is 0 Å². The lowest BCUT2D eigenvalue weighted by Gasteiger charge is -2.47. The highest BCUT2D eigenvalue weighted by Crippen LogP contribution is 2.31. The molecular formula is C10H17N3O3. The second-order valence-electron chi connectivity index (χ2n) is 3.85. The zero-order chi connectivity index (χ0) is 12.2. The smallest absolute Gasteiger partial charge is 0.410 e. The van der Waals surface area contributed by atoms with Crippen LogP contribution in [-0.2, 0) is 9.47 Å². The van der Waals surface area contributed by atoms with Crippen molar-refractivity contribution in [2.24, 2.45) is 11.1 Å². The van der Waals surface area contributed by atoms with E-state index in [2.05, 4.69) is 6.58 Å². The number of likely N-dealkylation sites (tertiary alicyclic amines) is 1. The summed E-state index contributed by atoms with van der Waals surface area (Å²) in [6.45, 7) is 4.71. The zero-order valence-electron chi connectivity index (χ0n) is 9.36. The van der Waals surface area contributed by atoms with Gasteiger partial charge in [-0.2, -0.15) is 0 Å². The number of hydrogen-bond donors (Lipinski definition) is 2. The third-order valence-electron chi connectivity index (χ3n) is 2.56. The van der Waals surface area contributed by atoms with Crippen LogP contribution in [0, 0.1) is 10.8 Å². The van der Waals surface area contributed by atoms with Crippen molar-refractivity contribution < 1.29 is 14.3 Å². The average Bonchev–Trinajstić information content (AvgIpc) is 2.18. The molecule has 1 heterocycles. The number of methoxy groups -OCH3 is 1. The first-order valence-electron chi connectivity index (χ1n) is 4.92. The molecule has 0 bridgehead atoms. The maximum atomic E-state index is 11.4. The Morgan fingerprint density at radius 1 is 1.69 bits per heavy atom. The van der Waals surface area contributed by atoms with Gasteiger partial charge in [-0.1, -0.05) is 12.7 Å². The predicted octanol–water partition coefficient (Wildman–Crippen LogP) is 0.193. The molecular weight excluding hydrogens is 210 g/mol. The molecule has 1 fully saturated rings. The minimum Gasteiger partial charge on any atom is -0.445 e. The van der Waals surface area contributed by atoms with E-state index >= 15 is 0 Å². The highest BCUT2D eigenvalue weighted by atomic mass is 16.6. The summed E-state index contributed by atoms with van der Waals surface area (Å²) in [5.74, 6) is 0.0436. The third kappa shape index (κ3) is 2.33. The van der Waals surface area contributed by atoms with Gasteiger partial charge in [0.15, 0.2) is 0 Å². The van der Waals surface area contributed by atoms with Crippen LogP contribution in [0.4, 0.5) is 4.79 Å². The van der Waals surface area contributed by atoms with Gasteiger partial charge < -0.3 is 20.1 Å². The van der Waals surface area contributed by atoms with E-state index < -0.39 is 11.5 Å². The number of nitrogens with one attached hydrogen (secondary N) is 1. The Morgan fingerprint density at radius 3 is 2.75 bits per heavy atom. The van der Waals surface area contributed by atoms with Crippen molar-refractivity contribution in [3.63, 3.8) is 0 Å². The number of amides is 1. The minimum atomic E-state index is -0.540. The largest absolute Gasteiger partial charge is 0.445 e. The van der Waals surface area contributed by atoms with Gasteiger partial charge in [0.25, 0.3) is 0 Å². The van der Waals surface area contributed by atoms with Crippen molar-refractivity contribution in [1.29, 1.82) is 5.41 Å². The van der Waals surface area contributed by atoms with Crippen LogP contribution >= 0.6 is 0 Å². The van der Waals surface area contributed by atoms with Gasteiger partial charge in [-0.3, -0.25) is 5.41 Å². The van der Waals surface area contributed by atoms with Crippen molar-refractivity contribution >= 4 is 11.9 Å². The molecule has 1 saturated heterocycles. The van der Waals surface area contributed by atoms with E-state index in [4.69, 9.17) is 20.6 Å². The van der Waals surface area contributed by atoms with Gasteiger partial charge in [0.2, 0.25) is 0 Å². The fraction of sp³-hybridized carbons (Fsp3) is 0.600. The second-order valence-corrected chi connectivity index (χ2v) is 3.85. The zero-order valence-corrected chi connectivity index (χ0v) is 9.36. The first-order chi connectivity index (χ1) is 7.55. The quantitative estimate of drug-likeness (QED) is 0.399. The Hall–Kier alpha value is -1.56. The van der Waals surface area contributed by atoms with E-state index in [1.165, 1.54) is 11.0 Å². The van der Waals surface area contributed by atoms with Gasteiger partial charge in [0, 0.05) is 20.2 Å². The number of nitrogens with two attached hydrogens (primary N) is 1. The Morgan fingerprint density at radius 2 is 2.31 bits per heavy atom. The summed E-state index contributed by atoms with van der Waals surface area (Å²) in [5.41, 5.74) is 4.95. The monoisotopic (exact) mass is 227 g/mol. The average molecular weight is 227 g/mol.